The minimum absolute atomic E-state index is 0.0453. The second kappa shape index (κ2) is 13.0. The largest absolute Gasteiger partial charge is 0.304 e. The van der Waals surface area contributed by atoms with Crippen molar-refractivity contribution in [3.63, 3.8) is 0 Å². The summed E-state index contributed by atoms with van der Waals surface area (Å²) >= 11 is 0. The molecule has 8 nitrogen and oxygen atoms in total. The van der Waals surface area contributed by atoms with Crippen LogP contribution in [-0.4, -0.2) is 34.9 Å². The number of nitrogens with two attached hydrogens (primary N) is 1. The fourth-order valence-corrected chi connectivity index (χ4v) is 5.68. The molecule has 0 aromatic heterocycles. The number of benzene rings is 1. The summed E-state index contributed by atoms with van der Waals surface area (Å²) in [7, 11) is 0. The summed E-state index contributed by atoms with van der Waals surface area (Å²) in [5.74, 6) is 3.37. The molecule has 1 aromatic carbocycles. The predicted octanol–water partition coefficient (Wildman–Crippen LogP) is 3.36. The molecule has 194 valence electrons. The Bertz CT molecular complexity index is 888. The van der Waals surface area contributed by atoms with Crippen LogP contribution in [0.25, 0.3) is 6.08 Å². The Hall–Kier alpha value is -2.55. The molecule has 1 aliphatic rings. The lowest BCUT2D eigenvalue weighted by molar-refractivity contribution is -0.156. The lowest BCUT2D eigenvalue weighted by atomic mass is 9.59. The van der Waals surface area contributed by atoms with E-state index in [1.165, 1.54) is 0 Å². The van der Waals surface area contributed by atoms with Crippen LogP contribution >= 0.6 is 0 Å². The van der Waals surface area contributed by atoms with Crippen molar-refractivity contribution in [3.8, 4) is 0 Å². The van der Waals surface area contributed by atoms with Gasteiger partial charge >= 0.3 is 0 Å². The molecule has 0 saturated carbocycles. The Labute approximate surface area is 209 Å². The number of nitrogens with one attached hydrogen (secondary N) is 3. The van der Waals surface area contributed by atoms with Crippen LogP contribution in [0.15, 0.2) is 36.4 Å². The highest BCUT2D eigenvalue weighted by Gasteiger charge is 2.59. The number of hydrazine groups is 1. The van der Waals surface area contributed by atoms with E-state index in [0.29, 0.717) is 32.2 Å². The maximum Gasteiger partial charge on any atom is 0.249 e. The molecule has 0 radical (unpaired) electrons. The van der Waals surface area contributed by atoms with Gasteiger partial charge in [-0.05, 0) is 56.0 Å². The number of hydrogen-bond acceptors (Lipinski definition) is 6. The van der Waals surface area contributed by atoms with E-state index < -0.39 is 28.7 Å². The van der Waals surface area contributed by atoms with Crippen LogP contribution in [-0.2, 0) is 14.4 Å². The molecule has 1 heterocycles. The lowest BCUT2D eigenvalue weighted by Gasteiger charge is -2.48. The Morgan fingerprint density at radius 1 is 1.29 bits per heavy atom. The van der Waals surface area contributed by atoms with Crippen LogP contribution in [0.3, 0.4) is 0 Å². The van der Waals surface area contributed by atoms with E-state index in [1.54, 1.807) is 5.48 Å². The highest BCUT2D eigenvalue weighted by atomic mass is 16.5. The molecule has 1 aromatic rings. The zero-order valence-corrected chi connectivity index (χ0v) is 21.5. The molecule has 2 unspecified atom stereocenters. The fourth-order valence-electron chi connectivity index (χ4n) is 5.68. The number of hydrogen-bond donors (Lipinski definition) is 5. The van der Waals surface area contributed by atoms with Gasteiger partial charge in [0.05, 0.1) is 11.5 Å². The van der Waals surface area contributed by atoms with Gasteiger partial charge < -0.3 is 5.32 Å². The van der Waals surface area contributed by atoms with E-state index >= 15 is 0 Å². The molecule has 2 rings (SSSR count). The third-order valence-electron chi connectivity index (χ3n) is 7.09. The number of carbonyl (C=O) groups is 3. The fraction of sp³-hybridized carbons (Fsp3) is 0.593. The van der Waals surface area contributed by atoms with Crippen molar-refractivity contribution in [2.24, 2.45) is 29.0 Å². The molecule has 6 N–H and O–H groups in total. The van der Waals surface area contributed by atoms with E-state index in [0.717, 1.165) is 12.0 Å². The quantitative estimate of drug-likeness (QED) is 0.101. The molecular formula is C27H42N4O4. The van der Waals surface area contributed by atoms with Gasteiger partial charge in [-0.2, -0.15) is 0 Å². The Kier molecular flexibility index (Phi) is 10.6. The number of hydroxylamine groups is 1. The smallest absolute Gasteiger partial charge is 0.249 e. The number of Topliss-reactive ketones (excluding diaryl/α,β-unsaturated/α-hetero) is 1. The van der Waals surface area contributed by atoms with Gasteiger partial charge in [-0.3, -0.25) is 25.0 Å². The topological polar surface area (TPSA) is 134 Å². The number of amides is 2. The Morgan fingerprint density at radius 2 is 1.97 bits per heavy atom. The Balaban J connectivity index is 2.62. The van der Waals surface area contributed by atoms with E-state index in [1.807, 2.05) is 70.2 Å². The lowest BCUT2D eigenvalue weighted by Crippen LogP contribution is -2.69. The van der Waals surface area contributed by atoms with Crippen molar-refractivity contribution in [3.05, 3.63) is 42.0 Å². The summed E-state index contributed by atoms with van der Waals surface area (Å²) < 4.78 is 0. The standard InChI is InChI=1S/C27H42N4O4/c1-5-15-26(17-19(2)3,25(34)30-28)24(33)27(18-20(4)14-16-29-27)22(23(32)31-35)13-9-12-21-10-7-6-8-11-21/h6-12,19-20,22,29,35H,5,13-18,28H2,1-4H3,(H,30,34)(H,31,32)/b12-9+/t20?,22-,26?,27-/m1/s1. The van der Waals surface area contributed by atoms with Crippen molar-refractivity contribution in [2.75, 3.05) is 6.54 Å². The summed E-state index contributed by atoms with van der Waals surface area (Å²) in [6.07, 6.45) is 6.40. The van der Waals surface area contributed by atoms with Crippen LogP contribution in [0.2, 0.25) is 0 Å². The molecule has 0 aliphatic carbocycles. The summed E-state index contributed by atoms with van der Waals surface area (Å²) in [5.41, 5.74) is 2.26. The maximum absolute atomic E-state index is 14.6. The molecule has 1 fully saturated rings. The minimum Gasteiger partial charge on any atom is -0.304 e. The molecule has 0 bridgehead atoms. The monoisotopic (exact) mass is 486 g/mol. The summed E-state index contributed by atoms with van der Waals surface area (Å²) in [5, 5.41) is 13.0. The van der Waals surface area contributed by atoms with Crippen LogP contribution in [0.1, 0.15) is 71.8 Å². The van der Waals surface area contributed by atoms with Crippen molar-refractivity contribution in [2.45, 2.75) is 71.8 Å². The van der Waals surface area contributed by atoms with Gasteiger partial charge in [0.25, 0.3) is 0 Å². The van der Waals surface area contributed by atoms with Crippen LogP contribution in [0, 0.1) is 23.2 Å². The first kappa shape index (κ1) is 28.7. The van der Waals surface area contributed by atoms with Crippen molar-refractivity contribution >= 4 is 23.7 Å². The predicted molar refractivity (Wildman–Crippen MR) is 137 cm³/mol. The molecule has 1 aliphatic heterocycles. The van der Waals surface area contributed by atoms with Gasteiger partial charge in [0.1, 0.15) is 5.41 Å². The normalized spacial score (nSPS) is 23.0. The highest BCUT2D eigenvalue weighted by molar-refractivity contribution is 6.11. The minimum atomic E-state index is -1.39. The van der Waals surface area contributed by atoms with Crippen molar-refractivity contribution in [1.82, 2.24) is 16.2 Å². The molecule has 4 atom stereocenters. The van der Waals surface area contributed by atoms with E-state index in [4.69, 9.17) is 5.84 Å². The van der Waals surface area contributed by atoms with E-state index in [9.17, 15) is 19.6 Å². The molecule has 1 saturated heterocycles. The van der Waals surface area contributed by atoms with Crippen LogP contribution in [0.4, 0.5) is 0 Å². The highest BCUT2D eigenvalue weighted by Crippen LogP contribution is 2.44. The van der Waals surface area contributed by atoms with E-state index in [2.05, 4.69) is 10.7 Å². The van der Waals surface area contributed by atoms with Crippen LogP contribution in [0.5, 0.6) is 0 Å². The van der Waals surface area contributed by atoms with Gasteiger partial charge in [-0.15, -0.1) is 0 Å². The molecule has 8 heteroatoms. The number of allylic oxidation sites excluding steroid dienone is 1. The van der Waals surface area contributed by atoms with Gasteiger partial charge in [0.2, 0.25) is 11.8 Å². The molecular weight excluding hydrogens is 444 g/mol. The average Bonchev–Trinajstić information content (AvgIpc) is 2.85. The Morgan fingerprint density at radius 3 is 2.51 bits per heavy atom. The first-order valence-corrected chi connectivity index (χ1v) is 12.6. The summed E-state index contributed by atoms with van der Waals surface area (Å²) in [6.45, 7) is 8.43. The van der Waals surface area contributed by atoms with Crippen molar-refractivity contribution < 1.29 is 19.6 Å². The number of rotatable bonds is 12. The third-order valence-corrected chi connectivity index (χ3v) is 7.09. The zero-order chi connectivity index (χ0) is 26.1. The van der Waals surface area contributed by atoms with Gasteiger partial charge in [0.15, 0.2) is 5.78 Å². The number of carbonyl (C=O) groups excluding carboxylic acids is 3. The summed E-state index contributed by atoms with van der Waals surface area (Å²) in [4.78, 5) is 41.0. The maximum atomic E-state index is 14.6. The average molecular weight is 487 g/mol. The molecule has 0 spiro atoms. The first-order chi connectivity index (χ1) is 16.7. The second-order valence-electron chi connectivity index (χ2n) is 10.3. The summed E-state index contributed by atoms with van der Waals surface area (Å²) in [6, 6.07) is 9.65. The third kappa shape index (κ3) is 6.57. The second-order valence-corrected chi connectivity index (χ2v) is 10.3. The first-order valence-electron chi connectivity index (χ1n) is 12.6. The van der Waals surface area contributed by atoms with Gasteiger partial charge in [-0.1, -0.05) is 76.6 Å². The number of piperidine rings is 1. The van der Waals surface area contributed by atoms with Crippen LogP contribution < -0.4 is 22.1 Å². The van der Waals surface area contributed by atoms with Gasteiger partial charge in [0, 0.05) is 0 Å². The zero-order valence-electron chi connectivity index (χ0n) is 21.5. The van der Waals surface area contributed by atoms with E-state index in [-0.39, 0.29) is 24.0 Å². The van der Waals surface area contributed by atoms with Gasteiger partial charge in [-0.25, -0.2) is 11.3 Å². The molecule has 35 heavy (non-hydrogen) atoms. The SMILES string of the molecule is CCCC(CC(C)C)(C(=O)NN)C(=O)[C@]1([C@H](C/C=C/c2ccccc2)C(=O)NO)CC(C)CCN1. The molecule has 2 amide bonds. The van der Waals surface area contributed by atoms with Crippen molar-refractivity contribution in [1.29, 1.82) is 0 Å². The number of ketones is 1.